The first-order chi connectivity index (χ1) is 7.77. The summed E-state index contributed by atoms with van der Waals surface area (Å²) in [6.45, 7) is 0. The molecule has 0 aliphatic heterocycles. The first-order valence-electron chi connectivity index (χ1n) is 4.70. The average Bonchev–Trinajstić information content (AvgIpc) is 2.30. The van der Waals surface area contributed by atoms with Crippen LogP contribution in [0.15, 0.2) is 42.7 Å². The molecule has 2 aromatic heterocycles. The lowest BCUT2D eigenvalue weighted by Crippen LogP contribution is -2.20. The van der Waals surface area contributed by atoms with Crippen molar-refractivity contribution in [2.45, 2.75) is 0 Å². The van der Waals surface area contributed by atoms with Gasteiger partial charge in [-0.25, -0.2) is 4.79 Å². The Morgan fingerprint density at radius 1 is 1.12 bits per heavy atom. The molecule has 5 nitrogen and oxygen atoms in total. The van der Waals surface area contributed by atoms with Crippen molar-refractivity contribution in [3.8, 4) is 11.4 Å². The maximum absolute atomic E-state index is 10.8. The standard InChI is InChI=1S/C11H10N4O/c12-11(16)15-9-5-3-7-14-10(9)8-4-1-2-6-13-8/h1-7H,(H3,12,15,16). The highest BCUT2D eigenvalue weighted by molar-refractivity contribution is 5.91. The van der Waals surface area contributed by atoms with Gasteiger partial charge in [0.25, 0.3) is 0 Å². The van der Waals surface area contributed by atoms with E-state index in [2.05, 4.69) is 15.3 Å². The van der Waals surface area contributed by atoms with Crippen molar-refractivity contribution in [3.63, 3.8) is 0 Å². The Balaban J connectivity index is 2.44. The Morgan fingerprint density at radius 2 is 1.94 bits per heavy atom. The number of carbonyl (C=O) groups excluding carboxylic acids is 1. The highest BCUT2D eigenvalue weighted by atomic mass is 16.2. The molecular weight excluding hydrogens is 204 g/mol. The van der Waals surface area contributed by atoms with E-state index in [1.807, 2.05) is 18.2 Å². The number of nitrogens with two attached hydrogens (primary N) is 1. The first kappa shape index (κ1) is 10.1. The minimum atomic E-state index is -0.620. The van der Waals surface area contributed by atoms with Crippen LogP contribution in [-0.4, -0.2) is 16.0 Å². The van der Waals surface area contributed by atoms with E-state index in [9.17, 15) is 4.79 Å². The third kappa shape index (κ3) is 2.14. The van der Waals surface area contributed by atoms with E-state index in [1.165, 1.54) is 0 Å². The van der Waals surface area contributed by atoms with Crippen molar-refractivity contribution in [1.29, 1.82) is 0 Å². The molecule has 16 heavy (non-hydrogen) atoms. The fourth-order valence-electron chi connectivity index (χ4n) is 1.35. The molecule has 0 fully saturated rings. The van der Waals surface area contributed by atoms with E-state index in [4.69, 9.17) is 5.73 Å². The summed E-state index contributed by atoms with van der Waals surface area (Å²) in [5, 5.41) is 2.51. The highest BCUT2D eigenvalue weighted by Gasteiger charge is 2.07. The topological polar surface area (TPSA) is 80.9 Å². The van der Waals surface area contributed by atoms with Crippen LogP contribution in [0.2, 0.25) is 0 Å². The second-order valence-corrected chi connectivity index (χ2v) is 3.10. The molecule has 0 radical (unpaired) electrons. The monoisotopic (exact) mass is 214 g/mol. The van der Waals surface area contributed by atoms with Gasteiger partial charge in [0.1, 0.15) is 5.69 Å². The summed E-state index contributed by atoms with van der Waals surface area (Å²) in [5.74, 6) is 0. The maximum Gasteiger partial charge on any atom is 0.316 e. The van der Waals surface area contributed by atoms with Gasteiger partial charge in [0, 0.05) is 12.4 Å². The van der Waals surface area contributed by atoms with Crippen LogP contribution in [0.5, 0.6) is 0 Å². The lowest BCUT2D eigenvalue weighted by molar-refractivity contribution is 0.259. The molecule has 3 N–H and O–H groups in total. The van der Waals surface area contributed by atoms with Gasteiger partial charge in [-0.15, -0.1) is 0 Å². The zero-order valence-corrected chi connectivity index (χ0v) is 8.42. The van der Waals surface area contributed by atoms with Crippen LogP contribution >= 0.6 is 0 Å². The highest BCUT2D eigenvalue weighted by Crippen LogP contribution is 2.22. The largest absolute Gasteiger partial charge is 0.351 e. The average molecular weight is 214 g/mol. The Morgan fingerprint density at radius 3 is 2.62 bits per heavy atom. The minimum absolute atomic E-state index is 0.550. The number of nitrogens with zero attached hydrogens (tertiary/aromatic N) is 2. The Hall–Kier alpha value is -2.43. The van der Waals surface area contributed by atoms with Crippen molar-refractivity contribution in [2.75, 3.05) is 5.32 Å². The van der Waals surface area contributed by atoms with Gasteiger partial charge < -0.3 is 11.1 Å². The third-order valence-corrected chi connectivity index (χ3v) is 1.97. The molecule has 2 rings (SSSR count). The lowest BCUT2D eigenvalue weighted by atomic mass is 10.2. The van der Waals surface area contributed by atoms with E-state index in [0.717, 1.165) is 0 Å². The maximum atomic E-state index is 10.8. The van der Waals surface area contributed by atoms with Crippen molar-refractivity contribution in [1.82, 2.24) is 9.97 Å². The van der Waals surface area contributed by atoms with E-state index >= 15 is 0 Å². The summed E-state index contributed by atoms with van der Waals surface area (Å²) < 4.78 is 0. The molecule has 5 heteroatoms. The van der Waals surface area contributed by atoms with Crippen LogP contribution in [0.1, 0.15) is 0 Å². The molecule has 0 aromatic carbocycles. The molecule has 2 aromatic rings. The molecule has 2 amide bonds. The van der Waals surface area contributed by atoms with Gasteiger partial charge in [-0.2, -0.15) is 0 Å². The third-order valence-electron chi connectivity index (χ3n) is 1.97. The molecule has 0 spiro atoms. The summed E-state index contributed by atoms with van der Waals surface area (Å²) in [4.78, 5) is 19.1. The number of hydrogen-bond donors (Lipinski definition) is 2. The number of carbonyl (C=O) groups is 1. The van der Waals surface area contributed by atoms with E-state index in [1.54, 1.807) is 24.5 Å². The summed E-state index contributed by atoms with van der Waals surface area (Å²) in [6.07, 6.45) is 3.30. The van der Waals surface area contributed by atoms with Gasteiger partial charge in [-0.1, -0.05) is 6.07 Å². The van der Waals surface area contributed by atoms with Gasteiger partial charge >= 0.3 is 6.03 Å². The van der Waals surface area contributed by atoms with Crippen molar-refractivity contribution >= 4 is 11.7 Å². The van der Waals surface area contributed by atoms with Crippen molar-refractivity contribution in [3.05, 3.63) is 42.7 Å². The Bertz CT molecular complexity index is 498. The second kappa shape index (κ2) is 4.39. The predicted octanol–water partition coefficient (Wildman–Crippen LogP) is 1.63. The molecule has 0 atom stereocenters. The second-order valence-electron chi connectivity index (χ2n) is 3.10. The molecule has 0 saturated heterocycles. The minimum Gasteiger partial charge on any atom is -0.351 e. The number of anilines is 1. The number of rotatable bonds is 2. The zero-order valence-electron chi connectivity index (χ0n) is 8.42. The number of hydrogen-bond acceptors (Lipinski definition) is 3. The molecular formula is C11H10N4O. The van der Waals surface area contributed by atoms with Crippen LogP contribution in [0.4, 0.5) is 10.5 Å². The van der Waals surface area contributed by atoms with Crippen molar-refractivity contribution < 1.29 is 4.79 Å². The van der Waals surface area contributed by atoms with Crippen LogP contribution in [0.3, 0.4) is 0 Å². The van der Waals surface area contributed by atoms with Crippen molar-refractivity contribution in [2.24, 2.45) is 5.73 Å². The fourth-order valence-corrected chi connectivity index (χ4v) is 1.35. The number of pyridine rings is 2. The summed E-state index contributed by atoms with van der Waals surface area (Å²) in [5.41, 5.74) is 6.91. The van der Waals surface area contributed by atoms with Gasteiger partial charge in [0.2, 0.25) is 0 Å². The molecule has 2 heterocycles. The van der Waals surface area contributed by atoms with Gasteiger partial charge in [0.05, 0.1) is 11.4 Å². The van der Waals surface area contributed by atoms with Gasteiger partial charge in [-0.05, 0) is 24.3 Å². The van der Waals surface area contributed by atoms with Gasteiger partial charge in [-0.3, -0.25) is 9.97 Å². The molecule has 0 saturated carbocycles. The van der Waals surface area contributed by atoms with E-state index < -0.39 is 6.03 Å². The lowest BCUT2D eigenvalue weighted by Gasteiger charge is -2.07. The zero-order chi connectivity index (χ0) is 11.4. The molecule has 0 aliphatic carbocycles. The van der Waals surface area contributed by atoms with E-state index in [-0.39, 0.29) is 0 Å². The number of urea groups is 1. The number of nitrogens with one attached hydrogen (secondary N) is 1. The normalized spacial score (nSPS) is 9.75. The SMILES string of the molecule is NC(=O)Nc1cccnc1-c1ccccn1. The predicted molar refractivity (Wildman–Crippen MR) is 60.7 cm³/mol. The van der Waals surface area contributed by atoms with Crippen LogP contribution in [0.25, 0.3) is 11.4 Å². The fraction of sp³-hybridized carbons (Fsp3) is 0. The van der Waals surface area contributed by atoms with E-state index in [0.29, 0.717) is 17.1 Å². The molecule has 0 aliphatic rings. The first-order valence-corrected chi connectivity index (χ1v) is 4.70. The smallest absolute Gasteiger partial charge is 0.316 e. The Labute approximate surface area is 92.3 Å². The molecule has 0 unspecified atom stereocenters. The summed E-state index contributed by atoms with van der Waals surface area (Å²) in [6, 6.07) is 8.30. The van der Waals surface area contributed by atoms with Crippen LogP contribution in [0, 0.1) is 0 Å². The number of amides is 2. The molecule has 0 bridgehead atoms. The summed E-state index contributed by atoms with van der Waals surface area (Å²) >= 11 is 0. The Kier molecular flexibility index (Phi) is 2.77. The quantitative estimate of drug-likeness (QED) is 0.797. The van der Waals surface area contributed by atoms with Crippen LogP contribution in [-0.2, 0) is 0 Å². The van der Waals surface area contributed by atoms with Crippen LogP contribution < -0.4 is 11.1 Å². The number of aromatic nitrogens is 2. The molecule has 80 valence electrons. The van der Waals surface area contributed by atoms with Gasteiger partial charge in [0.15, 0.2) is 0 Å². The summed E-state index contributed by atoms with van der Waals surface area (Å²) in [7, 11) is 0. The number of primary amides is 1.